The van der Waals surface area contributed by atoms with Crippen LogP contribution in [-0.4, -0.2) is 47.7 Å². The molecule has 0 aliphatic heterocycles. The lowest BCUT2D eigenvalue weighted by Crippen LogP contribution is -2.12. The van der Waals surface area contributed by atoms with Crippen LogP contribution in [0.4, 0.5) is 0 Å². The molecule has 0 aromatic heterocycles. The standard InChI is InChI=1S/C9H16O5/c10-4-1-2-8(3-5-11)9(13)14-7-6-12/h2,10-12H,1,3-7H2. The van der Waals surface area contributed by atoms with Gasteiger partial charge in [0, 0.05) is 25.2 Å². The fourth-order valence-electron chi connectivity index (χ4n) is 0.878. The van der Waals surface area contributed by atoms with Gasteiger partial charge in [-0.05, 0) is 6.42 Å². The molecule has 0 aliphatic carbocycles. The quantitative estimate of drug-likeness (QED) is 0.374. The Morgan fingerprint density at radius 2 is 1.86 bits per heavy atom. The van der Waals surface area contributed by atoms with Crippen LogP contribution >= 0.6 is 0 Å². The molecule has 0 bridgehead atoms. The molecular weight excluding hydrogens is 188 g/mol. The summed E-state index contributed by atoms with van der Waals surface area (Å²) in [6, 6.07) is 0. The lowest BCUT2D eigenvalue weighted by Gasteiger charge is -2.05. The van der Waals surface area contributed by atoms with Crippen LogP contribution in [-0.2, 0) is 9.53 Å². The summed E-state index contributed by atoms with van der Waals surface area (Å²) in [7, 11) is 0. The Hall–Kier alpha value is -0.910. The number of carbonyl (C=O) groups is 1. The van der Waals surface area contributed by atoms with Gasteiger partial charge in [0.25, 0.3) is 0 Å². The van der Waals surface area contributed by atoms with Gasteiger partial charge in [-0.25, -0.2) is 4.79 Å². The van der Waals surface area contributed by atoms with Crippen molar-refractivity contribution in [3.8, 4) is 0 Å². The van der Waals surface area contributed by atoms with Gasteiger partial charge in [0.15, 0.2) is 0 Å². The molecule has 14 heavy (non-hydrogen) atoms. The van der Waals surface area contributed by atoms with E-state index in [0.29, 0.717) is 12.0 Å². The van der Waals surface area contributed by atoms with Crippen LogP contribution in [0.15, 0.2) is 11.6 Å². The van der Waals surface area contributed by atoms with E-state index in [0.717, 1.165) is 0 Å². The van der Waals surface area contributed by atoms with Gasteiger partial charge in [-0.3, -0.25) is 0 Å². The molecule has 0 heterocycles. The van der Waals surface area contributed by atoms with Crippen molar-refractivity contribution in [1.29, 1.82) is 0 Å². The molecule has 0 saturated carbocycles. The Labute approximate surface area is 82.6 Å². The van der Waals surface area contributed by atoms with Gasteiger partial charge in [0.2, 0.25) is 0 Å². The summed E-state index contributed by atoms with van der Waals surface area (Å²) < 4.78 is 4.65. The van der Waals surface area contributed by atoms with E-state index < -0.39 is 5.97 Å². The predicted molar refractivity (Wildman–Crippen MR) is 49.5 cm³/mol. The van der Waals surface area contributed by atoms with Crippen molar-refractivity contribution >= 4 is 5.97 Å². The van der Waals surface area contributed by atoms with Gasteiger partial charge in [0.1, 0.15) is 6.61 Å². The smallest absolute Gasteiger partial charge is 0.333 e. The number of hydrogen-bond donors (Lipinski definition) is 3. The highest BCUT2D eigenvalue weighted by molar-refractivity contribution is 5.88. The lowest BCUT2D eigenvalue weighted by atomic mass is 10.1. The average Bonchev–Trinajstić information content (AvgIpc) is 2.20. The SMILES string of the molecule is O=C(OCCO)C(=CCCO)CCO. The van der Waals surface area contributed by atoms with E-state index >= 15 is 0 Å². The summed E-state index contributed by atoms with van der Waals surface area (Å²) in [5, 5.41) is 25.6. The number of hydrogen-bond acceptors (Lipinski definition) is 5. The van der Waals surface area contributed by atoms with E-state index in [9.17, 15) is 4.79 Å². The van der Waals surface area contributed by atoms with Crippen LogP contribution in [0.1, 0.15) is 12.8 Å². The fraction of sp³-hybridized carbons (Fsp3) is 0.667. The van der Waals surface area contributed by atoms with Gasteiger partial charge in [-0.2, -0.15) is 0 Å². The Morgan fingerprint density at radius 1 is 1.14 bits per heavy atom. The second-order valence-corrected chi connectivity index (χ2v) is 2.57. The molecule has 0 aromatic rings. The third-order valence-corrected chi connectivity index (χ3v) is 1.49. The molecule has 0 atom stereocenters. The molecule has 0 radical (unpaired) electrons. The van der Waals surface area contributed by atoms with Crippen LogP contribution in [0.25, 0.3) is 0 Å². The first-order valence-electron chi connectivity index (χ1n) is 4.45. The van der Waals surface area contributed by atoms with Crippen LogP contribution in [0.3, 0.4) is 0 Å². The maximum absolute atomic E-state index is 11.2. The summed E-state index contributed by atoms with van der Waals surface area (Å²) >= 11 is 0. The van der Waals surface area contributed by atoms with Crippen molar-refractivity contribution in [3.05, 3.63) is 11.6 Å². The molecule has 0 aliphatic rings. The highest BCUT2D eigenvalue weighted by Gasteiger charge is 2.09. The van der Waals surface area contributed by atoms with Gasteiger partial charge in [-0.15, -0.1) is 0 Å². The fourth-order valence-corrected chi connectivity index (χ4v) is 0.878. The van der Waals surface area contributed by atoms with Crippen molar-refractivity contribution in [3.63, 3.8) is 0 Å². The molecule has 0 aromatic carbocycles. The Kier molecular flexibility index (Phi) is 8.11. The van der Waals surface area contributed by atoms with Crippen molar-refractivity contribution < 1.29 is 24.9 Å². The number of ether oxygens (including phenoxy) is 1. The predicted octanol–water partition coefficient (Wildman–Crippen LogP) is -0.787. The third-order valence-electron chi connectivity index (χ3n) is 1.49. The zero-order valence-electron chi connectivity index (χ0n) is 7.98. The van der Waals surface area contributed by atoms with E-state index in [1.807, 2.05) is 0 Å². The van der Waals surface area contributed by atoms with E-state index in [2.05, 4.69) is 4.74 Å². The minimum absolute atomic E-state index is 0.0534. The van der Waals surface area contributed by atoms with Gasteiger partial charge in [-0.1, -0.05) is 6.08 Å². The van der Waals surface area contributed by atoms with Crippen LogP contribution < -0.4 is 0 Å². The molecule has 5 heteroatoms. The summed E-state index contributed by atoms with van der Waals surface area (Å²) in [5.74, 6) is -0.554. The zero-order chi connectivity index (χ0) is 10.8. The highest BCUT2D eigenvalue weighted by atomic mass is 16.5. The Balaban J connectivity index is 4.10. The molecule has 0 spiro atoms. The monoisotopic (exact) mass is 204 g/mol. The van der Waals surface area contributed by atoms with Gasteiger partial charge in [0.05, 0.1) is 6.61 Å². The number of esters is 1. The molecular formula is C9H16O5. The van der Waals surface area contributed by atoms with Crippen LogP contribution in [0.5, 0.6) is 0 Å². The number of aliphatic hydroxyl groups excluding tert-OH is 3. The molecule has 5 nitrogen and oxygen atoms in total. The number of rotatable bonds is 7. The normalized spacial score (nSPS) is 11.5. The molecule has 0 saturated heterocycles. The van der Waals surface area contributed by atoms with Crippen molar-refractivity contribution in [2.24, 2.45) is 0 Å². The van der Waals surface area contributed by atoms with Gasteiger partial charge < -0.3 is 20.1 Å². The zero-order valence-corrected chi connectivity index (χ0v) is 7.98. The Morgan fingerprint density at radius 3 is 2.36 bits per heavy atom. The molecule has 0 amide bonds. The van der Waals surface area contributed by atoms with Crippen LogP contribution in [0.2, 0.25) is 0 Å². The first kappa shape index (κ1) is 13.1. The first-order chi connectivity index (χ1) is 6.76. The highest BCUT2D eigenvalue weighted by Crippen LogP contribution is 2.05. The number of carbonyl (C=O) groups excluding carboxylic acids is 1. The van der Waals surface area contributed by atoms with Crippen molar-refractivity contribution in [1.82, 2.24) is 0 Å². The maximum Gasteiger partial charge on any atom is 0.333 e. The van der Waals surface area contributed by atoms with E-state index in [1.54, 1.807) is 0 Å². The van der Waals surface area contributed by atoms with E-state index in [4.69, 9.17) is 15.3 Å². The minimum atomic E-state index is -0.554. The Bertz CT molecular complexity index is 188. The summed E-state index contributed by atoms with van der Waals surface area (Å²) in [6.07, 6.45) is 2.07. The third kappa shape index (κ3) is 5.69. The molecule has 82 valence electrons. The molecule has 0 rings (SSSR count). The second-order valence-electron chi connectivity index (χ2n) is 2.57. The largest absolute Gasteiger partial charge is 0.460 e. The first-order valence-corrected chi connectivity index (χ1v) is 4.45. The number of aliphatic hydroxyl groups is 3. The second kappa shape index (κ2) is 8.68. The van der Waals surface area contributed by atoms with Gasteiger partial charge >= 0.3 is 5.97 Å². The van der Waals surface area contributed by atoms with Crippen LogP contribution in [0, 0.1) is 0 Å². The molecule has 0 fully saturated rings. The average molecular weight is 204 g/mol. The summed E-state index contributed by atoms with van der Waals surface area (Å²) in [6.45, 7) is -0.480. The van der Waals surface area contributed by atoms with E-state index in [-0.39, 0.29) is 32.8 Å². The van der Waals surface area contributed by atoms with Crippen molar-refractivity contribution in [2.75, 3.05) is 26.4 Å². The topological polar surface area (TPSA) is 87.0 Å². The molecule has 0 unspecified atom stereocenters. The summed E-state index contributed by atoms with van der Waals surface area (Å²) in [5.41, 5.74) is 0.329. The van der Waals surface area contributed by atoms with E-state index in [1.165, 1.54) is 6.08 Å². The lowest BCUT2D eigenvalue weighted by molar-refractivity contribution is -0.140. The molecule has 3 N–H and O–H groups in total. The maximum atomic E-state index is 11.2. The van der Waals surface area contributed by atoms with Crippen molar-refractivity contribution in [2.45, 2.75) is 12.8 Å². The minimum Gasteiger partial charge on any atom is -0.460 e. The summed E-state index contributed by atoms with van der Waals surface area (Å²) in [4.78, 5) is 11.2.